The molecular weight excluding hydrogens is 374 g/mol. The number of halogens is 1. The number of hydrogen-bond acceptors (Lipinski definition) is 5. The molecule has 9 nitrogen and oxygen atoms in total. The number of urea groups is 1. The van der Waals surface area contributed by atoms with Crippen molar-refractivity contribution in [3.05, 3.63) is 0 Å². The zero-order valence-electron chi connectivity index (χ0n) is 15.5. The summed E-state index contributed by atoms with van der Waals surface area (Å²) in [5.41, 5.74) is 4.51. The number of hydrogen-bond donors (Lipinski definition) is 3. The number of piperidine rings is 1. The first-order chi connectivity index (χ1) is 12.4. The molecule has 3 rings (SSSR count). The molecule has 2 saturated heterocycles. The predicted octanol–water partition coefficient (Wildman–Crippen LogP) is -0.558. The van der Waals surface area contributed by atoms with E-state index in [1.54, 1.807) is 11.8 Å². The second-order valence-electron chi connectivity index (χ2n) is 7.56. The molecule has 0 aromatic heterocycles. The maximum absolute atomic E-state index is 12.6. The normalized spacial score (nSPS) is 27.9. The van der Waals surface area contributed by atoms with Gasteiger partial charge in [-0.05, 0) is 38.5 Å². The highest BCUT2D eigenvalue weighted by Crippen LogP contribution is 2.42. The van der Waals surface area contributed by atoms with Crippen molar-refractivity contribution < 1.29 is 19.2 Å². The Hall–Kier alpha value is -1.87. The van der Waals surface area contributed by atoms with Crippen LogP contribution in [0.2, 0.25) is 0 Å². The molecule has 152 valence electrons. The number of likely N-dealkylation sites (tertiary alicyclic amines) is 1. The molecule has 4 N–H and O–H groups in total. The van der Waals surface area contributed by atoms with Crippen LogP contribution < -0.4 is 16.4 Å². The van der Waals surface area contributed by atoms with Crippen LogP contribution in [0.25, 0.3) is 0 Å². The molecule has 0 radical (unpaired) electrons. The minimum atomic E-state index is -0.885. The topological polar surface area (TPSA) is 125 Å². The number of nitrogens with zero attached hydrogens (tertiary/aromatic N) is 2. The maximum Gasteiger partial charge on any atom is 0.325 e. The van der Waals surface area contributed by atoms with Crippen molar-refractivity contribution in [3.8, 4) is 0 Å². The fourth-order valence-corrected chi connectivity index (χ4v) is 3.79. The SMILES string of the molecule is CC1(C2CC2)NC(=O)N(CC(=O)N2CCCC(C(=O)NCCN)C2)C1=O.Cl. The van der Waals surface area contributed by atoms with E-state index in [1.807, 2.05) is 0 Å². The summed E-state index contributed by atoms with van der Waals surface area (Å²) >= 11 is 0. The molecule has 0 aromatic rings. The van der Waals surface area contributed by atoms with Crippen LogP contribution in [0.4, 0.5) is 4.79 Å². The zero-order valence-corrected chi connectivity index (χ0v) is 16.3. The Morgan fingerprint density at radius 2 is 2.00 bits per heavy atom. The highest BCUT2D eigenvalue weighted by Gasteiger charge is 2.56. The van der Waals surface area contributed by atoms with Gasteiger partial charge >= 0.3 is 6.03 Å². The number of imide groups is 1. The highest BCUT2D eigenvalue weighted by molar-refractivity contribution is 6.09. The summed E-state index contributed by atoms with van der Waals surface area (Å²) in [6, 6.07) is -0.507. The molecule has 2 unspecified atom stereocenters. The van der Waals surface area contributed by atoms with E-state index in [9.17, 15) is 19.2 Å². The van der Waals surface area contributed by atoms with Crippen LogP contribution in [0, 0.1) is 11.8 Å². The molecule has 3 aliphatic rings. The molecule has 1 saturated carbocycles. The summed E-state index contributed by atoms with van der Waals surface area (Å²) in [5.74, 6) is -0.856. The largest absolute Gasteiger partial charge is 0.355 e. The van der Waals surface area contributed by atoms with Crippen LogP contribution in [0.5, 0.6) is 0 Å². The van der Waals surface area contributed by atoms with Gasteiger partial charge in [0.05, 0.1) is 5.92 Å². The van der Waals surface area contributed by atoms with Gasteiger partial charge < -0.3 is 21.3 Å². The molecule has 3 fully saturated rings. The first-order valence-corrected chi connectivity index (χ1v) is 9.26. The molecule has 1 aliphatic carbocycles. The van der Waals surface area contributed by atoms with Crippen molar-refractivity contribution in [2.45, 2.75) is 38.1 Å². The Kier molecular flexibility index (Phi) is 6.69. The van der Waals surface area contributed by atoms with Gasteiger partial charge in [-0.25, -0.2) is 4.79 Å². The van der Waals surface area contributed by atoms with Crippen molar-refractivity contribution in [2.24, 2.45) is 17.6 Å². The summed E-state index contributed by atoms with van der Waals surface area (Å²) < 4.78 is 0. The van der Waals surface area contributed by atoms with Gasteiger partial charge in [0, 0.05) is 26.2 Å². The Morgan fingerprint density at radius 3 is 2.63 bits per heavy atom. The van der Waals surface area contributed by atoms with Crippen LogP contribution in [-0.2, 0) is 14.4 Å². The van der Waals surface area contributed by atoms with Crippen LogP contribution in [0.15, 0.2) is 0 Å². The smallest absolute Gasteiger partial charge is 0.325 e. The molecule has 0 spiro atoms. The Morgan fingerprint density at radius 1 is 1.30 bits per heavy atom. The van der Waals surface area contributed by atoms with E-state index >= 15 is 0 Å². The summed E-state index contributed by atoms with van der Waals surface area (Å²) in [5, 5.41) is 5.49. The van der Waals surface area contributed by atoms with Gasteiger partial charge in [-0.3, -0.25) is 19.3 Å². The van der Waals surface area contributed by atoms with E-state index in [0.29, 0.717) is 39.0 Å². The maximum atomic E-state index is 12.6. The third kappa shape index (κ3) is 4.35. The van der Waals surface area contributed by atoms with E-state index in [0.717, 1.165) is 17.7 Å². The van der Waals surface area contributed by atoms with Gasteiger partial charge in [-0.1, -0.05) is 0 Å². The first-order valence-electron chi connectivity index (χ1n) is 9.26. The number of nitrogens with one attached hydrogen (secondary N) is 2. The zero-order chi connectivity index (χ0) is 18.9. The van der Waals surface area contributed by atoms with Gasteiger partial charge in [0.25, 0.3) is 5.91 Å². The van der Waals surface area contributed by atoms with E-state index in [1.165, 1.54) is 0 Å². The molecule has 0 bridgehead atoms. The summed E-state index contributed by atoms with van der Waals surface area (Å²) in [7, 11) is 0. The van der Waals surface area contributed by atoms with Crippen molar-refractivity contribution in [2.75, 3.05) is 32.7 Å². The Balaban J connectivity index is 0.00000261. The van der Waals surface area contributed by atoms with Crippen LogP contribution in [0.1, 0.15) is 32.6 Å². The summed E-state index contributed by atoms with van der Waals surface area (Å²) in [6.07, 6.45) is 3.25. The molecule has 5 amide bonds. The third-order valence-electron chi connectivity index (χ3n) is 5.58. The molecule has 2 aliphatic heterocycles. The molecule has 2 heterocycles. The Labute approximate surface area is 164 Å². The van der Waals surface area contributed by atoms with Gasteiger partial charge in [-0.15, -0.1) is 12.4 Å². The summed E-state index contributed by atoms with van der Waals surface area (Å²) in [4.78, 5) is 52.1. The van der Waals surface area contributed by atoms with Crippen molar-refractivity contribution in [1.29, 1.82) is 0 Å². The van der Waals surface area contributed by atoms with Gasteiger partial charge in [0.15, 0.2) is 0 Å². The van der Waals surface area contributed by atoms with Gasteiger partial charge in [0.1, 0.15) is 12.1 Å². The van der Waals surface area contributed by atoms with Crippen LogP contribution in [0.3, 0.4) is 0 Å². The number of rotatable bonds is 6. The minimum absolute atomic E-state index is 0. The van der Waals surface area contributed by atoms with E-state index in [-0.39, 0.29) is 48.5 Å². The number of carbonyl (C=O) groups is 4. The molecule has 10 heteroatoms. The fraction of sp³-hybridized carbons (Fsp3) is 0.765. The van der Waals surface area contributed by atoms with Gasteiger partial charge in [0.2, 0.25) is 11.8 Å². The number of carbonyl (C=O) groups excluding carboxylic acids is 4. The average Bonchev–Trinajstić information content (AvgIpc) is 3.45. The molecule has 27 heavy (non-hydrogen) atoms. The van der Waals surface area contributed by atoms with E-state index in [4.69, 9.17) is 5.73 Å². The van der Waals surface area contributed by atoms with E-state index in [2.05, 4.69) is 10.6 Å². The third-order valence-corrected chi connectivity index (χ3v) is 5.58. The number of nitrogens with two attached hydrogens (primary N) is 1. The monoisotopic (exact) mass is 401 g/mol. The van der Waals surface area contributed by atoms with Crippen LogP contribution in [-0.4, -0.2) is 71.8 Å². The van der Waals surface area contributed by atoms with Crippen LogP contribution >= 0.6 is 12.4 Å². The predicted molar refractivity (Wildman–Crippen MR) is 100.0 cm³/mol. The van der Waals surface area contributed by atoms with Crippen molar-refractivity contribution in [1.82, 2.24) is 20.4 Å². The lowest BCUT2D eigenvalue weighted by Gasteiger charge is -2.32. The lowest BCUT2D eigenvalue weighted by atomic mass is 9.96. The second kappa shape index (κ2) is 8.43. The van der Waals surface area contributed by atoms with E-state index < -0.39 is 11.6 Å². The summed E-state index contributed by atoms with van der Waals surface area (Å²) in [6.45, 7) is 3.07. The van der Waals surface area contributed by atoms with Crippen molar-refractivity contribution >= 4 is 36.2 Å². The lowest BCUT2D eigenvalue weighted by Crippen LogP contribution is -2.50. The molecular formula is C17H28ClN5O4. The average molecular weight is 402 g/mol. The first kappa shape index (κ1) is 21.4. The molecule has 0 aromatic carbocycles. The minimum Gasteiger partial charge on any atom is -0.355 e. The van der Waals surface area contributed by atoms with Gasteiger partial charge in [-0.2, -0.15) is 0 Å². The molecule has 2 atom stereocenters. The fourth-order valence-electron chi connectivity index (χ4n) is 3.79. The second-order valence-corrected chi connectivity index (χ2v) is 7.56. The lowest BCUT2D eigenvalue weighted by molar-refractivity contribution is -0.141. The Bertz CT molecular complexity index is 626. The standard InChI is InChI=1S/C17H27N5O4.ClH/c1-17(12-4-5-12)15(25)22(16(26)20-17)10-13(23)21-8-2-3-11(9-21)14(24)19-7-6-18;/h11-12H,2-10,18H2,1H3,(H,19,24)(H,20,26);1H. The van der Waals surface area contributed by atoms with Crippen molar-refractivity contribution in [3.63, 3.8) is 0 Å². The highest BCUT2D eigenvalue weighted by atomic mass is 35.5. The number of amides is 5. The quantitative estimate of drug-likeness (QED) is 0.514.